The highest BCUT2D eigenvalue weighted by molar-refractivity contribution is 7.13. The van der Waals surface area contributed by atoms with Gasteiger partial charge in [0.2, 0.25) is 0 Å². The summed E-state index contributed by atoms with van der Waals surface area (Å²) in [5, 5.41) is 9.59. The predicted molar refractivity (Wildman–Crippen MR) is 121 cm³/mol. The zero-order valence-electron chi connectivity index (χ0n) is 17.8. The number of carbonyl (C=O) groups excluding carboxylic acids is 2. The molecule has 0 unspecified atom stereocenters. The van der Waals surface area contributed by atoms with Gasteiger partial charge in [-0.15, -0.1) is 11.3 Å². The molecule has 2 heterocycles. The number of hydrogen-bond acceptors (Lipinski definition) is 5. The Morgan fingerprint density at radius 2 is 1.97 bits per heavy atom. The van der Waals surface area contributed by atoms with E-state index in [1.807, 2.05) is 47.8 Å². The summed E-state index contributed by atoms with van der Waals surface area (Å²) >= 11 is 1.50. The second kappa shape index (κ2) is 9.47. The zero-order valence-corrected chi connectivity index (χ0v) is 18.6. The number of esters is 1. The predicted octanol–water partition coefficient (Wildman–Crippen LogP) is 4.70. The fourth-order valence-corrected chi connectivity index (χ4v) is 4.80. The first-order valence-corrected chi connectivity index (χ1v) is 11.6. The van der Waals surface area contributed by atoms with Crippen molar-refractivity contribution in [1.29, 1.82) is 0 Å². The molecule has 1 fully saturated rings. The van der Waals surface area contributed by atoms with Crippen LogP contribution in [0.3, 0.4) is 0 Å². The van der Waals surface area contributed by atoms with Crippen molar-refractivity contribution in [3.05, 3.63) is 59.6 Å². The van der Waals surface area contributed by atoms with Gasteiger partial charge in [0.05, 0.1) is 10.6 Å². The van der Waals surface area contributed by atoms with Gasteiger partial charge in [-0.2, -0.15) is 5.10 Å². The number of amides is 1. The van der Waals surface area contributed by atoms with E-state index in [1.165, 1.54) is 17.8 Å². The van der Waals surface area contributed by atoms with Crippen LogP contribution in [0.25, 0.3) is 16.3 Å². The molecule has 0 spiro atoms. The molecule has 3 atom stereocenters. The topological polar surface area (TPSA) is 73.2 Å². The van der Waals surface area contributed by atoms with Crippen molar-refractivity contribution in [2.45, 2.75) is 39.2 Å². The first-order valence-electron chi connectivity index (χ1n) is 10.7. The third-order valence-electron chi connectivity index (χ3n) is 6.10. The number of benzene rings is 1. The summed E-state index contributed by atoms with van der Waals surface area (Å²) in [4.78, 5) is 26.2. The number of hydrogen-bond donors (Lipinski definition) is 1. The van der Waals surface area contributed by atoms with Crippen molar-refractivity contribution in [2.75, 3.05) is 6.61 Å². The fourth-order valence-electron chi connectivity index (χ4n) is 4.07. The number of ether oxygens (including phenoxy) is 1. The monoisotopic (exact) mass is 437 g/mol. The number of para-hydroxylation sites is 1. The normalized spacial score (nSPS) is 20.9. The summed E-state index contributed by atoms with van der Waals surface area (Å²) in [6.07, 6.45) is 4.94. The van der Waals surface area contributed by atoms with Crippen LogP contribution >= 0.6 is 11.3 Å². The number of aromatic nitrogens is 2. The summed E-state index contributed by atoms with van der Waals surface area (Å²) < 4.78 is 7.05. The van der Waals surface area contributed by atoms with E-state index in [0.717, 1.165) is 23.4 Å². The molecular weight excluding hydrogens is 410 g/mol. The Balaban J connectivity index is 1.46. The Kier molecular flexibility index (Phi) is 6.51. The lowest BCUT2D eigenvalue weighted by Gasteiger charge is -2.34. The lowest BCUT2D eigenvalue weighted by Crippen LogP contribution is -2.45. The van der Waals surface area contributed by atoms with Crippen LogP contribution in [0.1, 0.15) is 43.5 Å². The Labute approximate surface area is 186 Å². The van der Waals surface area contributed by atoms with Crippen LogP contribution in [-0.4, -0.2) is 34.3 Å². The molecule has 162 valence electrons. The SMILES string of the molecule is C[C@@H]1[C@H](C)CCC[C@@H]1NC(=O)COC(=O)c1cn(-c2ccccc2)nc1-c1cccs1. The smallest absolute Gasteiger partial charge is 0.342 e. The average Bonchev–Trinajstić information content (AvgIpc) is 3.46. The van der Waals surface area contributed by atoms with Gasteiger partial charge in [0.25, 0.3) is 5.91 Å². The third kappa shape index (κ3) is 4.88. The molecule has 4 rings (SSSR count). The third-order valence-corrected chi connectivity index (χ3v) is 6.97. The van der Waals surface area contributed by atoms with Crippen LogP contribution in [0, 0.1) is 11.8 Å². The number of carbonyl (C=O) groups is 2. The second-order valence-electron chi connectivity index (χ2n) is 8.17. The van der Waals surface area contributed by atoms with Gasteiger partial charge in [-0.3, -0.25) is 4.79 Å². The molecular formula is C24H27N3O3S. The molecule has 1 aliphatic carbocycles. The molecule has 2 aromatic heterocycles. The van der Waals surface area contributed by atoms with Gasteiger partial charge in [0, 0.05) is 12.2 Å². The molecule has 3 aromatic rings. The zero-order chi connectivity index (χ0) is 21.8. The quantitative estimate of drug-likeness (QED) is 0.568. The van der Waals surface area contributed by atoms with E-state index in [2.05, 4.69) is 24.3 Å². The molecule has 6 nitrogen and oxygen atoms in total. The highest BCUT2D eigenvalue weighted by Crippen LogP contribution is 2.30. The van der Waals surface area contributed by atoms with Crippen LogP contribution in [0.5, 0.6) is 0 Å². The standard InChI is InChI=1S/C24H27N3O3S/c1-16-8-6-11-20(17(16)2)25-22(28)15-30-24(29)19-14-27(18-9-4-3-5-10-18)26-23(19)21-12-7-13-31-21/h3-5,7,9-10,12-14,16-17,20H,6,8,11,15H2,1-2H3,(H,25,28)/t16-,17-,20+/m1/s1. The highest BCUT2D eigenvalue weighted by atomic mass is 32.1. The van der Waals surface area contributed by atoms with Crippen molar-refractivity contribution >= 4 is 23.2 Å². The van der Waals surface area contributed by atoms with E-state index in [0.29, 0.717) is 23.1 Å². The van der Waals surface area contributed by atoms with Crippen LogP contribution in [0.2, 0.25) is 0 Å². The summed E-state index contributed by atoms with van der Waals surface area (Å²) in [6, 6.07) is 13.6. The average molecular weight is 438 g/mol. The maximum Gasteiger partial charge on any atom is 0.342 e. The minimum atomic E-state index is -0.550. The number of nitrogens with zero attached hydrogens (tertiary/aromatic N) is 2. The lowest BCUT2D eigenvalue weighted by molar-refractivity contribution is -0.125. The van der Waals surface area contributed by atoms with Crippen LogP contribution in [0.4, 0.5) is 0 Å². The van der Waals surface area contributed by atoms with Gasteiger partial charge in [-0.05, 0) is 41.8 Å². The van der Waals surface area contributed by atoms with Crippen molar-refractivity contribution in [3.63, 3.8) is 0 Å². The number of thiophene rings is 1. The Bertz CT molecular complexity index is 1030. The molecule has 7 heteroatoms. The highest BCUT2D eigenvalue weighted by Gasteiger charge is 2.28. The van der Waals surface area contributed by atoms with E-state index in [4.69, 9.17) is 4.74 Å². The molecule has 1 N–H and O–H groups in total. The van der Waals surface area contributed by atoms with Gasteiger partial charge in [0.1, 0.15) is 11.3 Å². The van der Waals surface area contributed by atoms with Crippen LogP contribution in [-0.2, 0) is 9.53 Å². The van der Waals surface area contributed by atoms with E-state index in [1.54, 1.807) is 10.9 Å². The molecule has 0 aliphatic heterocycles. The minimum Gasteiger partial charge on any atom is -0.452 e. The maximum absolute atomic E-state index is 12.9. The van der Waals surface area contributed by atoms with Crippen molar-refractivity contribution in [1.82, 2.24) is 15.1 Å². The Morgan fingerprint density at radius 1 is 1.16 bits per heavy atom. The molecule has 1 saturated carbocycles. The van der Waals surface area contributed by atoms with Gasteiger partial charge in [-0.25, -0.2) is 9.48 Å². The van der Waals surface area contributed by atoms with Crippen molar-refractivity contribution < 1.29 is 14.3 Å². The molecule has 1 aromatic carbocycles. The van der Waals surface area contributed by atoms with Gasteiger partial charge >= 0.3 is 5.97 Å². The summed E-state index contributed by atoms with van der Waals surface area (Å²) in [6.45, 7) is 4.10. The Hall–Kier alpha value is -2.93. The van der Waals surface area contributed by atoms with E-state index in [9.17, 15) is 9.59 Å². The molecule has 31 heavy (non-hydrogen) atoms. The fraction of sp³-hybridized carbons (Fsp3) is 0.375. The van der Waals surface area contributed by atoms with Crippen LogP contribution < -0.4 is 5.32 Å². The molecule has 1 amide bonds. The maximum atomic E-state index is 12.9. The molecule has 0 bridgehead atoms. The van der Waals surface area contributed by atoms with Crippen molar-refractivity contribution in [3.8, 4) is 16.3 Å². The first-order chi connectivity index (χ1) is 15.0. The molecule has 0 radical (unpaired) electrons. The lowest BCUT2D eigenvalue weighted by atomic mass is 9.78. The van der Waals surface area contributed by atoms with Gasteiger partial charge < -0.3 is 10.1 Å². The molecule has 1 aliphatic rings. The van der Waals surface area contributed by atoms with E-state index in [-0.39, 0.29) is 18.6 Å². The van der Waals surface area contributed by atoms with Crippen molar-refractivity contribution in [2.24, 2.45) is 11.8 Å². The van der Waals surface area contributed by atoms with Gasteiger partial charge in [0.15, 0.2) is 6.61 Å². The van der Waals surface area contributed by atoms with E-state index < -0.39 is 5.97 Å². The van der Waals surface area contributed by atoms with Crippen LogP contribution in [0.15, 0.2) is 54.0 Å². The first kappa shape index (κ1) is 21.3. The molecule has 0 saturated heterocycles. The summed E-state index contributed by atoms with van der Waals surface area (Å²) in [5.74, 6) is 0.194. The number of rotatable bonds is 6. The van der Waals surface area contributed by atoms with E-state index >= 15 is 0 Å². The Morgan fingerprint density at radius 3 is 2.71 bits per heavy atom. The van der Waals surface area contributed by atoms with Gasteiger partial charge in [-0.1, -0.05) is 51.0 Å². The summed E-state index contributed by atoms with van der Waals surface area (Å²) in [5.41, 5.74) is 1.75. The summed E-state index contributed by atoms with van der Waals surface area (Å²) in [7, 11) is 0. The largest absolute Gasteiger partial charge is 0.452 e. The minimum absolute atomic E-state index is 0.137. The number of nitrogens with one attached hydrogen (secondary N) is 1. The second-order valence-corrected chi connectivity index (χ2v) is 9.11.